The van der Waals surface area contributed by atoms with E-state index in [0.29, 0.717) is 35.6 Å². The van der Waals surface area contributed by atoms with Crippen LogP contribution in [0.25, 0.3) is 0 Å². The van der Waals surface area contributed by atoms with Crippen LogP contribution >= 0.6 is 11.6 Å². The number of ether oxygens (including phenoxy) is 1. The maximum absolute atomic E-state index is 12.6. The molecule has 0 amide bonds. The molecule has 0 bridgehead atoms. The molecule has 1 aromatic rings. The van der Waals surface area contributed by atoms with Gasteiger partial charge in [0.05, 0.1) is 10.8 Å². The summed E-state index contributed by atoms with van der Waals surface area (Å²) in [7, 11) is -3.41. The summed E-state index contributed by atoms with van der Waals surface area (Å²) in [6.45, 7) is 5.04. The molecule has 0 N–H and O–H groups in total. The minimum atomic E-state index is -3.41. The molecule has 4 nitrogen and oxygen atoms in total. The van der Waals surface area contributed by atoms with Crippen molar-refractivity contribution >= 4 is 21.6 Å². The zero-order chi connectivity index (χ0) is 14.8. The van der Waals surface area contributed by atoms with Gasteiger partial charge < -0.3 is 4.74 Å². The van der Waals surface area contributed by atoms with Crippen LogP contribution in [0.1, 0.15) is 20.3 Å². The van der Waals surface area contributed by atoms with Crippen molar-refractivity contribution in [3.63, 3.8) is 0 Å². The Kier molecular flexibility index (Phi) is 4.94. The van der Waals surface area contributed by atoms with E-state index >= 15 is 0 Å². The summed E-state index contributed by atoms with van der Waals surface area (Å²) in [4.78, 5) is 0.316. The van der Waals surface area contributed by atoms with Gasteiger partial charge in [0, 0.05) is 12.6 Å². The highest BCUT2D eigenvalue weighted by molar-refractivity contribution is 7.89. The quantitative estimate of drug-likeness (QED) is 0.784. The highest BCUT2D eigenvalue weighted by Gasteiger charge is 2.35. The first-order valence-electron chi connectivity index (χ1n) is 6.76. The Morgan fingerprint density at radius 3 is 2.45 bits per heavy atom. The molecule has 1 aromatic carbocycles. The van der Waals surface area contributed by atoms with E-state index in [-0.39, 0.29) is 6.04 Å². The summed E-state index contributed by atoms with van der Waals surface area (Å²) >= 11 is 5.54. The molecule has 0 spiro atoms. The minimum Gasteiger partial charge on any atom is -0.492 e. The molecule has 20 heavy (non-hydrogen) atoms. The van der Waals surface area contributed by atoms with Gasteiger partial charge in [-0.1, -0.05) is 6.92 Å². The Hall–Kier alpha value is -0.780. The summed E-state index contributed by atoms with van der Waals surface area (Å²) in [5.74, 6) is 1.45. The van der Waals surface area contributed by atoms with Gasteiger partial charge in [0.15, 0.2) is 0 Å². The van der Waals surface area contributed by atoms with Crippen LogP contribution in [-0.4, -0.2) is 37.8 Å². The number of sulfonamides is 1. The van der Waals surface area contributed by atoms with E-state index in [0.717, 1.165) is 6.42 Å². The number of hydrogen-bond donors (Lipinski definition) is 0. The summed E-state index contributed by atoms with van der Waals surface area (Å²) in [6, 6.07) is 6.58. The Morgan fingerprint density at radius 2 is 1.95 bits per heavy atom. The van der Waals surface area contributed by atoms with E-state index < -0.39 is 10.0 Å². The maximum Gasteiger partial charge on any atom is 0.243 e. The molecule has 1 heterocycles. The highest BCUT2D eigenvalue weighted by atomic mass is 35.5. The van der Waals surface area contributed by atoms with Gasteiger partial charge in [-0.3, -0.25) is 0 Å². The minimum absolute atomic E-state index is 0.0576. The van der Waals surface area contributed by atoms with Crippen LogP contribution in [0, 0.1) is 5.92 Å². The fourth-order valence-corrected chi connectivity index (χ4v) is 4.43. The second-order valence-electron chi connectivity index (χ2n) is 5.27. The van der Waals surface area contributed by atoms with E-state index in [1.165, 1.54) is 0 Å². The van der Waals surface area contributed by atoms with E-state index in [4.69, 9.17) is 16.3 Å². The first kappa shape index (κ1) is 15.6. The van der Waals surface area contributed by atoms with Crippen molar-refractivity contribution in [2.75, 3.05) is 19.0 Å². The molecule has 1 saturated heterocycles. The third kappa shape index (κ3) is 3.27. The molecule has 0 radical (unpaired) electrons. The molecule has 2 rings (SSSR count). The molecule has 6 heteroatoms. The third-order valence-electron chi connectivity index (χ3n) is 3.50. The average Bonchev–Trinajstić information content (AvgIpc) is 2.76. The molecule has 1 aliphatic rings. The van der Waals surface area contributed by atoms with Crippen molar-refractivity contribution in [3.8, 4) is 5.75 Å². The molecule has 112 valence electrons. The summed E-state index contributed by atoms with van der Waals surface area (Å²) in [5.41, 5.74) is 0. The lowest BCUT2D eigenvalue weighted by Crippen LogP contribution is -2.33. The first-order chi connectivity index (χ1) is 9.45. The maximum atomic E-state index is 12.6. The zero-order valence-corrected chi connectivity index (χ0v) is 13.3. The van der Waals surface area contributed by atoms with Crippen molar-refractivity contribution in [2.45, 2.75) is 31.2 Å². The molecule has 1 aliphatic heterocycles. The Balaban J connectivity index is 2.17. The van der Waals surface area contributed by atoms with Crippen molar-refractivity contribution in [1.29, 1.82) is 0 Å². The molecule has 0 saturated carbocycles. The lowest BCUT2D eigenvalue weighted by molar-refractivity contribution is 0.342. The van der Waals surface area contributed by atoms with Gasteiger partial charge in [-0.15, -0.1) is 11.6 Å². The number of nitrogens with zero attached hydrogens (tertiary/aromatic N) is 1. The lowest BCUT2D eigenvalue weighted by atomic mass is 10.1. The van der Waals surface area contributed by atoms with Crippen molar-refractivity contribution in [3.05, 3.63) is 24.3 Å². The predicted octanol–water partition coefficient (Wildman–Crippen LogP) is 2.72. The Bertz CT molecular complexity index is 544. The zero-order valence-electron chi connectivity index (χ0n) is 11.8. The standard InChI is InChI=1S/C14H20ClNO3S/c1-11-9-12(2)16(10-11)20(17,18)14-5-3-13(4-6-14)19-8-7-15/h3-6,11-12H,7-10H2,1-2H3. The summed E-state index contributed by atoms with van der Waals surface area (Å²) in [6.07, 6.45) is 0.913. The van der Waals surface area contributed by atoms with Gasteiger partial charge in [0.1, 0.15) is 12.4 Å². The molecule has 0 aromatic heterocycles. The fraction of sp³-hybridized carbons (Fsp3) is 0.571. The van der Waals surface area contributed by atoms with Crippen molar-refractivity contribution in [1.82, 2.24) is 4.31 Å². The second-order valence-corrected chi connectivity index (χ2v) is 7.54. The number of benzene rings is 1. The van der Waals surface area contributed by atoms with Crippen molar-refractivity contribution in [2.24, 2.45) is 5.92 Å². The second kappa shape index (κ2) is 6.33. The summed E-state index contributed by atoms with van der Waals surface area (Å²) < 4.78 is 32.1. The van der Waals surface area contributed by atoms with Crippen LogP contribution in [0.5, 0.6) is 5.75 Å². The molecule has 0 aliphatic carbocycles. The monoisotopic (exact) mass is 317 g/mol. The normalized spacial score (nSPS) is 23.9. The molecule has 1 fully saturated rings. The third-order valence-corrected chi connectivity index (χ3v) is 5.65. The van der Waals surface area contributed by atoms with E-state index in [1.54, 1.807) is 28.6 Å². The van der Waals surface area contributed by atoms with Gasteiger partial charge >= 0.3 is 0 Å². The molecule has 2 atom stereocenters. The fourth-order valence-electron chi connectivity index (χ4n) is 2.60. The number of alkyl halides is 1. The van der Waals surface area contributed by atoms with Gasteiger partial charge in [-0.05, 0) is 43.5 Å². The van der Waals surface area contributed by atoms with Crippen LogP contribution in [0.2, 0.25) is 0 Å². The Labute approximate surface area is 125 Å². The largest absolute Gasteiger partial charge is 0.492 e. The topological polar surface area (TPSA) is 46.6 Å². The average molecular weight is 318 g/mol. The smallest absolute Gasteiger partial charge is 0.243 e. The Morgan fingerprint density at radius 1 is 1.30 bits per heavy atom. The van der Waals surface area contributed by atoms with Gasteiger partial charge in [0.2, 0.25) is 10.0 Å². The SMILES string of the molecule is CC1CC(C)N(S(=O)(=O)c2ccc(OCCCl)cc2)C1. The van der Waals surface area contributed by atoms with E-state index in [9.17, 15) is 8.42 Å². The van der Waals surface area contributed by atoms with Crippen LogP contribution < -0.4 is 4.74 Å². The number of halogens is 1. The lowest BCUT2D eigenvalue weighted by Gasteiger charge is -2.21. The number of rotatable bonds is 5. The van der Waals surface area contributed by atoms with E-state index in [1.807, 2.05) is 6.92 Å². The van der Waals surface area contributed by atoms with Gasteiger partial charge in [-0.25, -0.2) is 8.42 Å². The van der Waals surface area contributed by atoms with Gasteiger partial charge in [0.25, 0.3) is 0 Å². The van der Waals surface area contributed by atoms with Crippen LogP contribution in [0.15, 0.2) is 29.2 Å². The van der Waals surface area contributed by atoms with Crippen LogP contribution in [0.4, 0.5) is 0 Å². The first-order valence-corrected chi connectivity index (χ1v) is 8.73. The number of hydrogen-bond acceptors (Lipinski definition) is 3. The van der Waals surface area contributed by atoms with Crippen molar-refractivity contribution < 1.29 is 13.2 Å². The van der Waals surface area contributed by atoms with Gasteiger partial charge in [-0.2, -0.15) is 4.31 Å². The summed E-state index contributed by atoms with van der Waals surface area (Å²) in [5, 5.41) is 0. The van der Waals surface area contributed by atoms with Crippen LogP contribution in [0.3, 0.4) is 0 Å². The van der Waals surface area contributed by atoms with Crippen LogP contribution in [-0.2, 0) is 10.0 Å². The molecule has 2 unspecified atom stereocenters. The predicted molar refractivity (Wildman–Crippen MR) is 79.8 cm³/mol. The molecular weight excluding hydrogens is 298 g/mol. The van der Waals surface area contributed by atoms with E-state index in [2.05, 4.69) is 6.92 Å². The highest BCUT2D eigenvalue weighted by Crippen LogP contribution is 2.29. The molecular formula is C14H20ClNO3S.